The van der Waals surface area contributed by atoms with E-state index in [0.29, 0.717) is 12.5 Å². The van der Waals surface area contributed by atoms with Gasteiger partial charge in [-0.3, -0.25) is 14.6 Å². The monoisotopic (exact) mass is 329 g/mol. The first-order chi connectivity index (χ1) is 10.0. The van der Waals surface area contributed by atoms with Crippen LogP contribution in [0.2, 0.25) is 4.34 Å². The molecule has 0 radical (unpaired) electrons. The molecule has 0 atom stereocenters. The van der Waals surface area contributed by atoms with Gasteiger partial charge in [0.2, 0.25) is 5.91 Å². The van der Waals surface area contributed by atoms with Crippen molar-refractivity contribution in [3.8, 4) is 0 Å². The van der Waals surface area contributed by atoms with E-state index in [4.69, 9.17) is 11.6 Å². The Hall–Kier alpha value is -0.620. The van der Waals surface area contributed by atoms with E-state index in [9.17, 15) is 4.79 Å². The third-order valence-corrected chi connectivity index (χ3v) is 4.76. The van der Waals surface area contributed by atoms with Crippen molar-refractivity contribution in [2.75, 3.05) is 39.3 Å². The molecule has 0 spiro atoms. The molecule has 0 unspecified atom stereocenters. The fourth-order valence-electron chi connectivity index (χ4n) is 2.34. The standard InChI is InChI=1S/C15H24ClN3OS/c1-12(2)9-17-15(20)11-19-7-5-18(6-8-19)10-13-3-4-14(16)21-13/h3-4,12H,5-11H2,1-2H3,(H,17,20). The lowest BCUT2D eigenvalue weighted by Crippen LogP contribution is -2.49. The second-order valence-corrected chi connectivity index (χ2v) is 7.76. The number of thiophene rings is 1. The largest absolute Gasteiger partial charge is 0.355 e. The molecule has 1 amide bonds. The number of hydrogen-bond donors (Lipinski definition) is 1. The Kier molecular flexibility index (Phi) is 6.48. The Balaban J connectivity index is 1.67. The minimum absolute atomic E-state index is 0.141. The zero-order valence-corrected chi connectivity index (χ0v) is 14.3. The maximum Gasteiger partial charge on any atom is 0.234 e. The number of hydrogen-bond acceptors (Lipinski definition) is 4. The highest BCUT2D eigenvalue weighted by molar-refractivity contribution is 7.16. The van der Waals surface area contributed by atoms with Gasteiger partial charge in [-0.2, -0.15) is 0 Å². The quantitative estimate of drug-likeness (QED) is 0.870. The molecule has 6 heteroatoms. The summed E-state index contributed by atoms with van der Waals surface area (Å²) in [5, 5.41) is 2.98. The molecule has 2 rings (SSSR count). The van der Waals surface area contributed by atoms with E-state index in [1.165, 1.54) is 4.88 Å². The van der Waals surface area contributed by atoms with E-state index in [1.54, 1.807) is 11.3 Å². The van der Waals surface area contributed by atoms with Gasteiger partial charge in [-0.1, -0.05) is 25.4 Å². The molecule has 1 aliphatic heterocycles. The molecule has 1 aromatic rings. The van der Waals surface area contributed by atoms with Crippen LogP contribution < -0.4 is 5.32 Å². The summed E-state index contributed by atoms with van der Waals surface area (Å²) < 4.78 is 0.852. The minimum Gasteiger partial charge on any atom is -0.355 e. The maximum absolute atomic E-state index is 11.8. The van der Waals surface area contributed by atoms with Gasteiger partial charge in [-0.05, 0) is 18.1 Å². The number of halogens is 1. The van der Waals surface area contributed by atoms with E-state index in [0.717, 1.165) is 43.6 Å². The summed E-state index contributed by atoms with van der Waals surface area (Å²) >= 11 is 7.61. The lowest BCUT2D eigenvalue weighted by atomic mass is 10.2. The third kappa shape index (κ3) is 5.94. The normalized spacial score (nSPS) is 17.3. The Labute approximate surface area is 136 Å². The van der Waals surface area contributed by atoms with Crippen LogP contribution in [0.15, 0.2) is 12.1 Å². The molecule has 0 bridgehead atoms. The first-order valence-corrected chi connectivity index (χ1v) is 8.68. The summed E-state index contributed by atoms with van der Waals surface area (Å²) in [5.74, 6) is 0.644. The van der Waals surface area contributed by atoms with Crippen LogP contribution in [0, 0.1) is 5.92 Å². The molecule has 1 N–H and O–H groups in total. The van der Waals surface area contributed by atoms with Crippen LogP contribution in [0.1, 0.15) is 18.7 Å². The van der Waals surface area contributed by atoms with Crippen LogP contribution in [-0.2, 0) is 11.3 Å². The van der Waals surface area contributed by atoms with Crippen molar-refractivity contribution < 1.29 is 4.79 Å². The van der Waals surface area contributed by atoms with Crippen LogP contribution in [-0.4, -0.2) is 55.0 Å². The highest BCUT2D eigenvalue weighted by atomic mass is 35.5. The van der Waals surface area contributed by atoms with E-state index in [1.807, 2.05) is 6.07 Å². The highest BCUT2D eigenvalue weighted by Gasteiger charge is 2.19. The average Bonchev–Trinajstić information content (AvgIpc) is 2.84. The number of nitrogens with zero attached hydrogens (tertiary/aromatic N) is 2. The summed E-state index contributed by atoms with van der Waals surface area (Å²) in [5.41, 5.74) is 0. The molecule has 1 saturated heterocycles. The number of amides is 1. The minimum atomic E-state index is 0.141. The van der Waals surface area contributed by atoms with E-state index in [2.05, 4.69) is 35.0 Å². The predicted octanol–water partition coefficient (Wildman–Crippen LogP) is 2.29. The van der Waals surface area contributed by atoms with Gasteiger partial charge in [0.05, 0.1) is 10.9 Å². The Morgan fingerprint density at radius 3 is 2.52 bits per heavy atom. The summed E-state index contributed by atoms with van der Waals surface area (Å²) in [6.45, 7) is 10.4. The van der Waals surface area contributed by atoms with Gasteiger partial charge in [0.1, 0.15) is 0 Å². The maximum atomic E-state index is 11.8. The summed E-state index contributed by atoms with van der Waals surface area (Å²) in [6.07, 6.45) is 0. The van der Waals surface area contributed by atoms with Crippen molar-refractivity contribution in [1.82, 2.24) is 15.1 Å². The molecule has 0 aromatic carbocycles. The fraction of sp³-hybridized carbons (Fsp3) is 0.667. The number of rotatable bonds is 6. The van der Waals surface area contributed by atoms with Crippen molar-refractivity contribution in [1.29, 1.82) is 0 Å². The molecule has 4 nitrogen and oxygen atoms in total. The van der Waals surface area contributed by atoms with E-state index >= 15 is 0 Å². The van der Waals surface area contributed by atoms with Gasteiger partial charge in [0.25, 0.3) is 0 Å². The van der Waals surface area contributed by atoms with Gasteiger partial charge >= 0.3 is 0 Å². The zero-order chi connectivity index (χ0) is 15.2. The van der Waals surface area contributed by atoms with Crippen molar-refractivity contribution in [2.24, 2.45) is 5.92 Å². The zero-order valence-electron chi connectivity index (χ0n) is 12.8. The molecule has 1 aromatic heterocycles. The summed E-state index contributed by atoms with van der Waals surface area (Å²) in [4.78, 5) is 17.8. The second kappa shape index (κ2) is 8.13. The molecule has 0 aliphatic carbocycles. The average molecular weight is 330 g/mol. The molecule has 1 fully saturated rings. The predicted molar refractivity (Wildman–Crippen MR) is 88.9 cm³/mol. The Bertz CT molecular complexity index is 456. The first-order valence-electron chi connectivity index (χ1n) is 7.48. The topological polar surface area (TPSA) is 35.6 Å². The van der Waals surface area contributed by atoms with Crippen LogP contribution in [0.25, 0.3) is 0 Å². The number of nitrogens with one attached hydrogen (secondary N) is 1. The van der Waals surface area contributed by atoms with Gasteiger partial charge in [0.15, 0.2) is 0 Å². The molecular weight excluding hydrogens is 306 g/mol. The Morgan fingerprint density at radius 1 is 1.29 bits per heavy atom. The molecular formula is C15H24ClN3OS. The van der Waals surface area contributed by atoms with Crippen LogP contribution >= 0.6 is 22.9 Å². The van der Waals surface area contributed by atoms with Crippen molar-refractivity contribution in [2.45, 2.75) is 20.4 Å². The second-order valence-electron chi connectivity index (χ2n) is 5.96. The lowest BCUT2D eigenvalue weighted by Gasteiger charge is -2.34. The number of carbonyl (C=O) groups excluding carboxylic acids is 1. The summed E-state index contributed by atoms with van der Waals surface area (Å²) in [6, 6.07) is 4.05. The van der Waals surface area contributed by atoms with Crippen LogP contribution in [0.3, 0.4) is 0 Å². The van der Waals surface area contributed by atoms with Crippen LogP contribution in [0.5, 0.6) is 0 Å². The van der Waals surface area contributed by atoms with Gasteiger partial charge in [-0.25, -0.2) is 0 Å². The molecule has 21 heavy (non-hydrogen) atoms. The summed E-state index contributed by atoms with van der Waals surface area (Å²) in [7, 11) is 0. The smallest absolute Gasteiger partial charge is 0.234 e. The lowest BCUT2D eigenvalue weighted by molar-refractivity contribution is -0.122. The van der Waals surface area contributed by atoms with Crippen molar-refractivity contribution in [3.63, 3.8) is 0 Å². The fourth-order valence-corrected chi connectivity index (χ4v) is 3.47. The Morgan fingerprint density at radius 2 is 1.95 bits per heavy atom. The molecule has 0 saturated carbocycles. The molecule has 2 heterocycles. The van der Waals surface area contributed by atoms with Crippen molar-refractivity contribution >= 4 is 28.8 Å². The third-order valence-electron chi connectivity index (χ3n) is 3.55. The van der Waals surface area contributed by atoms with Gasteiger partial charge in [0, 0.05) is 44.1 Å². The van der Waals surface area contributed by atoms with Crippen LogP contribution in [0.4, 0.5) is 0 Å². The SMILES string of the molecule is CC(C)CNC(=O)CN1CCN(Cc2ccc(Cl)s2)CC1. The van der Waals surface area contributed by atoms with E-state index in [-0.39, 0.29) is 5.91 Å². The number of piperazine rings is 1. The highest BCUT2D eigenvalue weighted by Crippen LogP contribution is 2.23. The van der Waals surface area contributed by atoms with Gasteiger partial charge < -0.3 is 5.32 Å². The molecule has 1 aliphatic rings. The van der Waals surface area contributed by atoms with Gasteiger partial charge in [-0.15, -0.1) is 11.3 Å². The first kappa shape index (κ1) is 16.7. The number of carbonyl (C=O) groups is 1. The molecule has 118 valence electrons. The van der Waals surface area contributed by atoms with E-state index < -0.39 is 0 Å². The van der Waals surface area contributed by atoms with Crippen molar-refractivity contribution in [3.05, 3.63) is 21.3 Å².